The summed E-state index contributed by atoms with van der Waals surface area (Å²) in [5.74, 6) is 1.32. The Hall–Kier alpha value is -2.57. The highest BCUT2D eigenvalue weighted by Crippen LogP contribution is 2.20. The number of hydrogen-bond donors (Lipinski definition) is 3. The second-order valence-electron chi connectivity index (χ2n) is 4.89. The van der Waals surface area contributed by atoms with Gasteiger partial charge in [0.15, 0.2) is 6.61 Å². The lowest BCUT2D eigenvalue weighted by Gasteiger charge is -2.02. The number of pyridine rings is 1. The minimum atomic E-state index is 0.161. The van der Waals surface area contributed by atoms with Crippen molar-refractivity contribution >= 4 is 27.9 Å². The monoisotopic (exact) mass is 272 g/mol. The summed E-state index contributed by atoms with van der Waals surface area (Å²) in [7, 11) is 0. The van der Waals surface area contributed by atoms with Gasteiger partial charge in [0.25, 0.3) is 0 Å². The molecule has 20 heavy (non-hydrogen) atoms. The van der Waals surface area contributed by atoms with Crippen molar-refractivity contribution in [3.05, 3.63) is 24.3 Å². The zero-order valence-corrected chi connectivity index (χ0v) is 11.3. The number of nitrogens with zero attached hydrogens (tertiary/aromatic N) is 3. The van der Waals surface area contributed by atoms with Gasteiger partial charge in [0.1, 0.15) is 22.8 Å². The van der Waals surface area contributed by atoms with E-state index in [9.17, 15) is 0 Å². The number of nitrogens with two attached hydrogens (primary N) is 1. The number of H-pyrrole nitrogens is 2. The molecule has 0 aliphatic heterocycles. The van der Waals surface area contributed by atoms with Gasteiger partial charge in [-0.3, -0.25) is 0 Å². The summed E-state index contributed by atoms with van der Waals surface area (Å²) in [4.78, 5) is 20.2. The molecule has 0 aromatic carbocycles. The molecule has 7 nitrogen and oxygen atoms in total. The Bertz CT molecular complexity index is 769. The van der Waals surface area contributed by atoms with Crippen LogP contribution >= 0.6 is 0 Å². The molecule has 0 aliphatic rings. The number of hydrogen-bond acceptors (Lipinski definition) is 4. The van der Waals surface area contributed by atoms with Gasteiger partial charge >= 0.3 is 0 Å². The van der Waals surface area contributed by atoms with Gasteiger partial charge in [0, 0.05) is 17.5 Å². The van der Waals surface area contributed by atoms with Crippen molar-refractivity contribution in [3.8, 4) is 0 Å². The van der Waals surface area contributed by atoms with E-state index in [0.717, 1.165) is 22.1 Å². The van der Waals surface area contributed by atoms with Crippen LogP contribution in [0.5, 0.6) is 0 Å². The molecule has 0 saturated carbocycles. The largest absolute Gasteiger partial charge is 0.386 e. The molecule has 0 unspecified atom stereocenters. The number of aromatic nitrogens is 4. The predicted octanol–water partition coefficient (Wildman–Crippen LogP) is 1.88. The highest BCUT2D eigenvalue weighted by atomic mass is 16.6. The van der Waals surface area contributed by atoms with Crippen molar-refractivity contribution in [2.45, 2.75) is 20.5 Å². The van der Waals surface area contributed by atoms with Crippen LogP contribution in [0.25, 0.3) is 22.1 Å². The van der Waals surface area contributed by atoms with Crippen molar-refractivity contribution in [3.63, 3.8) is 0 Å². The van der Waals surface area contributed by atoms with Crippen LogP contribution in [0.1, 0.15) is 19.7 Å². The zero-order chi connectivity index (χ0) is 14.1. The van der Waals surface area contributed by atoms with Gasteiger partial charge in [0.2, 0.25) is 0 Å². The standard InChI is InChI=1S/C13H16N6O/c1-7(2)12(14)19-20-6-10-17-9-5-16-13-8(3-4-15-13)11(9)18-10/h3-5,7H,6H2,1-2H3,(H2,14,19)(H,15,16)(H,17,18). The van der Waals surface area contributed by atoms with Gasteiger partial charge in [0.05, 0.1) is 11.7 Å². The van der Waals surface area contributed by atoms with Crippen LogP contribution in [-0.2, 0) is 11.4 Å². The molecule has 4 N–H and O–H groups in total. The van der Waals surface area contributed by atoms with E-state index >= 15 is 0 Å². The highest BCUT2D eigenvalue weighted by Gasteiger charge is 2.08. The van der Waals surface area contributed by atoms with E-state index in [1.165, 1.54) is 0 Å². The van der Waals surface area contributed by atoms with Gasteiger partial charge in [-0.1, -0.05) is 19.0 Å². The Morgan fingerprint density at radius 1 is 1.50 bits per heavy atom. The van der Waals surface area contributed by atoms with E-state index in [1.54, 1.807) is 6.20 Å². The molecular formula is C13H16N6O. The fourth-order valence-corrected chi connectivity index (χ4v) is 1.87. The van der Waals surface area contributed by atoms with Crippen LogP contribution in [0.2, 0.25) is 0 Å². The van der Waals surface area contributed by atoms with Crippen LogP contribution in [-0.4, -0.2) is 25.8 Å². The van der Waals surface area contributed by atoms with Crippen molar-refractivity contribution in [2.75, 3.05) is 0 Å². The minimum Gasteiger partial charge on any atom is -0.386 e. The number of fused-ring (bicyclic) bond motifs is 3. The molecule has 0 saturated heterocycles. The summed E-state index contributed by atoms with van der Waals surface area (Å²) in [5.41, 5.74) is 8.27. The quantitative estimate of drug-likeness (QED) is 0.383. The maximum Gasteiger partial charge on any atom is 0.174 e. The van der Waals surface area contributed by atoms with Crippen LogP contribution in [0.3, 0.4) is 0 Å². The molecule has 7 heteroatoms. The SMILES string of the molecule is CC(C)/C(N)=N/OCc1nc2cnc3[nH]ccc3c2[nH]1. The average Bonchev–Trinajstić information content (AvgIpc) is 3.02. The number of imidazole rings is 1. The van der Waals surface area contributed by atoms with E-state index in [2.05, 4.69) is 25.1 Å². The van der Waals surface area contributed by atoms with E-state index in [4.69, 9.17) is 10.6 Å². The van der Waals surface area contributed by atoms with Crippen LogP contribution in [0, 0.1) is 5.92 Å². The molecule has 0 spiro atoms. The molecule has 0 amide bonds. The van der Waals surface area contributed by atoms with Crippen LogP contribution < -0.4 is 5.73 Å². The highest BCUT2D eigenvalue weighted by molar-refractivity contribution is 6.00. The summed E-state index contributed by atoms with van der Waals surface area (Å²) < 4.78 is 0. The maximum atomic E-state index is 5.70. The molecule has 3 heterocycles. The van der Waals surface area contributed by atoms with E-state index in [1.807, 2.05) is 26.1 Å². The van der Waals surface area contributed by atoms with Gasteiger partial charge in [-0.15, -0.1) is 0 Å². The first-order valence-electron chi connectivity index (χ1n) is 6.41. The predicted molar refractivity (Wildman–Crippen MR) is 77.0 cm³/mol. The normalized spacial score (nSPS) is 12.7. The fourth-order valence-electron chi connectivity index (χ4n) is 1.87. The van der Waals surface area contributed by atoms with Crippen molar-refractivity contribution in [2.24, 2.45) is 16.8 Å². The Kier molecular flexibility index (Phi) is 3.02. The first-order chi connectivity index (χ1) is 9.65. The van der Waals surface area contributed by atoms with Crippen molar-refractivity contribution < 1.29 is 4.84 Å². The summed E-state index contributed by atoms with van der Waals surface area (Å²) in [6, 6.07) is 1.96. The first-order valence-corrected chi connectivity index (χ1v) is 6.41. The number of rotatable bonds is 4. The molecule has 3 rings (SSSR count). The zero-order valence-electron chi connectivity index (χ0n) is 11.3. The smallest absolute Gasteiger partial charge is 0.174 e. The van der Waals surface area contributed by atoms with E-state index < -0.39 is 0 Å². The lowest BCUT2D eigenvalue weighted by Crippen LogP contribution is -2.19. The Labute approximate surface area is 115 Å². The molecule has 0 aliphatic carbocycles. The number of amidine groups is 1. The first kappa shape index (κ1) is 12.5. The molecule has 0 atom stereocenters. The molecule has 0 fully saturated rings. The van der Waals surface area contributed by atoms with E-state index in [-0.39, 0.29) is 12.5 Å². The summed E-state index contributed by atoms with van der Waals surface area (Å²) in [5, 5.41) is 4.86. The fraction of sp³-hybridized carbons (Fsp3) is 0.308. The van der Waals surface area contributed by atoms with Gasteiger partial charge < -0.3 is 20.5 Å². The molecule has 104 valence electrons. The lowest BCUT2D eigenvalue weighted by molar-refractivity contribution is 0.124. The number of oxime groups is 1. The van der Waals surface area contributed by atoms with Crippen molar-refractivity contribution in [1.29, 1.82) is 0 Å². The van der Waals surface area contributed by atoms with Gasteiger partial charge in [-0.25, -0.2) is 9.97 Å². The summed E-state index contributed by atoms with van der Waals surface area (Å²) >= 11 is 0. The van der Waals surface area contributed by atoms with Crippen molar-refractivity contribution in [1.82, 2.24) is 19.9 Å². The van der Waals surface area contributed by atoms with Gasteiger partial charge in [-0.05, 0) is 6.07 Å². The second-order valence-corrected chi connectivity index (χ2v) is 4.89. The second kappa shape index (κ2) is 4.84. The third-order valence-electron chi connectivity index (χ3n) is 3.05. The Balaban J connectivity index is 1.84. The third kappa shape index (κ3) is 2.18. The van der Waals surface area contributed by atoms with E-state index in [0.29, 0.717) is 11.7 Å². The minimum absolute atomic E-state index is 0.161. The molecular weight excluding hydrogens is 256 g/mol. The number of nitrogens with one attached hydrogen (secondary N) is 2. The molecule has 0 radical (unpaired) electrons. The third-order valence-corrected chi connectivity index (χ3v) is 3.05. The Morgan fingerprint density at radius 2 is 2.35 bits per heavy atom. The lowest BCUT2D eigenvalue weighted by atomic mass is 10.2. The average molecular weight is 272 g/mol. The molecule has 3 aromatic heterocycles. The molecule has 3 aromatic rings. The van der Waals surface area contributed by atoms with Gasteiger partial charge in [-0.2, -0.15) is 0 Å². The van der Waals surface area contributed by atoms with Crippen LogP contribution in [0.15, 0.2) is 23.6 Å². The topological polar surface area (TPSA) is 105 Å². The summed E-state index contributed by atoms with van der Waals surface area (Å²) in [6.07, 6.45) is 3.57. The Morgan fingerprint density at radius 3 is 3.15 bits per heavy atom. The van der Waals surface area contributed by atoms with Crippen LogP contribution in [0.4, 0.5) is 0 Å². The summed E-state index contributed by atoms with van der Waals surface area (Å²) in [6.45, 7) is 4.16. The number of aromatic amines is 2. The maximum absolute atomic E-state index is 5.70. The molecule has 0 bridgehead atoms.